The third kappa shape index (κ3) is 3.68. The number of nitrogens with two attached hydrogens (primary N) is 1. The molecule has 0 bridgehead atoms. The molecule has 0 saturated carbocycles. The zero-order chi connectivity index (χ0) is 12.6. The molecule has 0 saturated heterocycles. The average Bonchev–Trinajstić information content (AvgIpc) is 2.31. The van der Waals surface area contributed by atoms with Gasteiger partial charge in [0.1, 0.15) is 0 Å². The molecule has 0 aliphatic heterocycles. The quantitative estimate of drug-likeness (QED) is 0.581. The normalized spacial score (nSPS) is 15.8. The van der Waals surface area contributed by atoms with Gasteiger partial charge in [-0.15, -0.1) is 0 Å². The Balaban J connectivity index is 4.71. The molecule has 0 fully saturated rings. The first-order valence-corrected chi connectivity index (χ1v) is 5.60. The number of hydrogen-bond donors (Lipinski definition) is 1. The highest BCUT2D eigenvalue weighted by molar-refractivity contribution is 4.90. The summed E-state index contributed by atoms with van der Waals surface area (Å²) in [6.07, 6.45) is -0.339. The number of hydrogen-bond acceptors (Lipinski definition) is 5. The van der Waals surface area contributed by atoms with E-state index in [2.05, 4.69) is 11.8 Å². The number of likely N-dealkylation sites (N-methyl/N-ethyl adjacent to an activating group) is 1. The molecule has 1 unspecified atom stereocenters. The summed E-state index contributed by atoms with van der Waals surface area (Å²) in [6.45, 7) is 6.96. The number of nitrogens with zero attached hydrogens (tertiary/aromatic N) is 1. The van der Waals surface area contributed by atoms with Gasteiger partial charge in [0.05, 0.1) is 12.1 Å². The van der Waals surface area contributed by atoms with Crippen molar-refractivity contribution in [2.45, 2.75) is 25.7 Å². The lowest BCUT2D eigenvalue weighted by Gasteiger charge is -2.43. The van der Waals surface area contributed by atoms with Gasteiger partial charge < -0.3 is 19.9 Å². The second-order valence-corrected chi connectivity index (χ2v) is 3.94. The summed E-state index contributed by atoms with van der Waals surface area (Å²) in [7, 11) is 4.95. The van der Waals surface area contributed by atoms with Crippen molar-refractivity contribution < 1.29 is 14.2 Å². The van der Waals surface area contributed by atoms with E-state index in [1.165, 1.54) is 0 Å². The van der Waals surface area contributed by atoms with Crippen LogP contribution in [-0.2, 0) is 14.2 Å². The summed E-state index contributed by atoms with van der Waals surface area (Å²) >= 11 is 0. The summed E-state index contributed by atoms with van der Waals surface area (Å²) in [5, 5.41) is 0. The van der Waals surface area contributed by atoms with Crippen molar-refractivity contribution in [3.8, 4) is 0 Å². The standard InChI is InChI=1S/C11H26N2O3/c1-6-13(7-8-14-3)11(2,9-12)10(15-4)16-5/h10H,6-9,12H2,1-5H3. The largest absolute Gasteiger partial charge is 0.383 e. The Hall–Kier alpha value is -0.200. The van der Waals surface area contributed by atoms with Crippen LogP contribution in [0.4, 0.5) is 0 Å². The fourth-order valence-electron chi connectivity index (χ4n) is 1.95. The minimum Gasteiger partial charge on any atom is -0.383 e. The fraction of sp³-hybridized carbons (Fsp3) is 1.00. The summed E-state index contributed by atoms with van der Waals surface area (Å²) < 4.78 is 15.8. The van der Waals surface area contributed by atoms with Gasteiger partial charge in [0, 0.05) is 34.4 Å². The molecule has 5 nitrogen and oxygen atoms in total. The van der Waals surface area contributed by atoms with Gasteiger partial charge in [0.15, 0.2) is 6.29 Å². The maximum absolute atomic E-state index is 5.86. The van der Waals surface area contributed by atoms with E-state index in [1.54, 1.807) is 21.3 Å². The Bertz CT molecular complexity index is 177. The topological polar surface area (TPSA) is 57.0 Å². The lowest BCUT2D eigenvalue weighted by atomic mass is 9.99. The Labute approximate surface area is 98.8 Å². The van der Waals surface area contributed by atoms with E-state index in [0.29, 0.717) is 13.2 Å². The summed E-state index contributed by atoms with van der Waals surface area (Å²) in [5.41, 5.74) is 5.53. The van der Waals surface area contributed by atoms with Crippen LogP contribution in [-0.4, -0.2) is 64.3 Å². The highest BCUT2D eigenvalue weighted by Gasteiger charge is 2.38. The monoisotopic (exact) mass is 234 g/mol. The second-order valence-electron chi connectivity index (χ2n) is 3.94. The van der Waals surface area contributed by atoms with Gasteiger partial charge in [-0.2, -0.15) is 0 Å². The Morgan fingerprint density at radius 2 is 1.81 bits per heavy atom. The Kier molecular flexibility index (Phi) is 7.87. The highest BCUT2D eigenvalue weighted by atomic mass is 16.7. The van der Waals surface area contributed by atoms with Crippen molar-refractivity contribution in [3.63, 3.8) is 0 Å². The van der Waals surface area contributed by atoms with Gasteiger partial charge in [0.25, 0.3) is 0 Å². The molecule has 0 amide bonds. The van der Waals surface area contributed by atoms with Gasteiger partial charge >= 0.3 is 0 Å². The molecule has 1 atom stereocenters. The van der Waals surface area contributed by atoms with Gasteiger partial charge in [-0.25, -0.2) is 0 Å². The molecule has 0 aromatic carbocycles. The summed E-state index contributed by atoms with van der Waals surface area (Å²) in [4.78, 5) is 2.22. The maximum atomic E-state index is 5.86. The zero-order valence-corrected chi connectivity index (χ0v) is 11.2. The zero-order valence-electron chi connectivity index (χ0n) is 11.2. The lowest BCUT2D eigenvalue weighted by Crippen LogP contribution is -2.61. The van der Waals surface area contributed by atoms with Crippen LogP contribution in [0, 0.1) is 0 Å². The molecule has 0 aliphatic rings. The molecule has 5 heteroatoms. The summed E-state index contributed by atoms with van der Waals surface area (Å²) in [5.74, 6) is 0. The number of rotatable bonds is 9. The van der Waals surface area contributed by atoms with Crippen LogP contribution < -0.4 is 5.73 Å². The van der Waals surface area contributed by atoms with E-state index in [0.717, 1.165) is 13.1 Å². The SMILES string of the molecule is CCN(CCOC)C(C)(CN)C(OC)OC. The molecule has 2 N–H and O–H groups in total. The van der Waals surface area contributed by atoms with E-state index < -0.39 is 0 Å². The van der Waals surface area contributed by atoms with Crippen molar-refractivity contribution in [1.29, 1.82) is 0 Å². The van der Waals surface area contributed by atoms with Crippen LogP contribution in [0.2, 0.25) is 0 Å². The molecular weight excluding hydrogens is 208 g/mol. The van der Waals surface area contributed by atoms with Crippen LogP contribution in [0.1, 0.15) is 13.8 Å². The van der Waals surface area contributed by atoms with E-state index in [4.69, 9.17) is 19.9 Å². The molecule has 98 valence electrons. The lowest BCUT2D eigenvalue weighted by molar-refractivity contribution is -0.182. The van der Waals surface area contributed by atoms with Crippen LogP contribution in [0.3, 0.4) is 0 Å². The Morgan fingerprint density at radius 1 is 1.25 bits per heavy atom. The van der Waals surface area contributed by atoms with Crippen molar-refractivity contribution >= 4 is 0 Å². The number of ether oxygens (including phenoxy) is 3. The second kappa shape index (κ2) is 7.97. The van der Waals surface area contributed by atoms with Gasteiger partial charge in [-0.1, -0.05) is 6.92 Å². The minimum absolute atomic E-state index is 0.337. The molecular formula is C11H26N2O3. The average molecular weight is 234 g/mol. The fourth-order valence-corrected chi connectivity index (χ4v) is 1.95. The van der Waals surface area contributed by atoms with Crippen LogP contribution in [0.5, 0.6) is 0 Å². The number of methoxy groups -OCH3 is 3. The van der Waals surface area contributed by atoms with Crippen molar-refractivity contribution in [3.05, 3.63) is 0 Å². The molecule has 16 heavy (non-hydrogen) atoms. The third-order valence-electron chi connectivity index (χ3n) is 3.02. The van der Waals surface area contributed by atoms with Gasteiger partial charge in [0.2, 0.25) is 0 Å². The van der Waals surface area contributed by atoms with Crippen molar-refractivity contribution in [1.82, 2.24) is 4.90 Å². The first-order chi connectivity index (χ1) is 7.60. The molecule has 0 aliphatic carbocycles. The molecule has 0 aromatic heterocycles. The predicted octanol–water partition coefficient (Wildman–Crippen LogP) is 0.291. The van der Waals surface area contributed by atoms with Gasteiger partial charge in [-0.05, 0) is 13.5 Å². The van der Waals surface area contributed by atoms with Crippen molar-refractivity contribution in [2.75, 3.05) is 47.6 Å². The molecule has 0 aromatic rings. The maximum Gasteiger partial charge on any atom is 0.176 e. The summed E-state index contributed by atoms with van der Waals surface area (Å²) in [6, 6.07) is 0. The van der Waals surface area contributed by atoms with Crippen LogP contribution in [0.25, 0.3) is 0 Å². The molecule has 0 spiro atoms. The Morgan fingerprint density at radius 3 is 2.12 bits per heavy atom. The van der Waals surface area contributed by atoms with Crippen LogP contribution in [0.15, 0.2) is 0 Å². The minimum atomic E-state index is -0.339. The third-order valence-corrected chi connectivity index (χ3v) is 3.02. The van der Waals surface area contributed by atoms with Crippen molar-refractivity contribution in [2.24, 2.45) is 5.73 Å². The van der Waals surface area contributed by atoms with E-state index in [1.807, 2.05) is 6.92 Å². The first-order valence-electron chi connectivity index (χ1n) is 5.60. The van der Waals surface area contributed by atoms with Crippen LogP contribution >= 0.6 is 0 Å². The first kappa shape index (κ1) is 15.8. The van der Waals surface area contributed by atoms with E-state index in [-0.39, 0.29) is 11.8 Å². The smallest absolute Gasteiger partial charge is 0.176 e. The molecule has 0 heterocycles. The predicted molar refractivity (Wildman–Crippen MR) is 64.4 cm³/mol. The van der Waals surface area contributed by atoms with E-state index >= 15 is 0 Å². The molecule has 0 rings (SSSR count). The van der Waals surface area contributed by atoms with E-state index in [9.17, 15) is 0 Å². The molecule has 0 radical (unpaired) electrons. The highest BCUT2D eigenvalue weighted by Crippen LogP contribution is 2.21. The van der Waals surface area contributed by atoms with Gasteiger partial charge in [-0.3, -0.25) is 4.90 Å².